The van der Waals surface area contributed by atoms with Gasteiger partial charge >= 0.3 is 0 Å². The van der Waals surface area contributed by atoms with E-state index < -0.39 is 0 Å². The first kappa shape index (κ1) is 11.6. The van der Waals surface area contributed by atoms with Gasteiger partial charge in [0.1, 0.15) is 0 Å². The zero-order valence-electron chi connectivity index (χ0n) is 10.7. The van der Waals surface area contributed by atoms with E-state index in [9.17, 15) is 0 Å². The maximum absolute atomic E-state index is 4.49. The van der Waals surface area contributed by atoms with E-state index >= 15 is 0 Å². The summed E-state index contributed by atoms with van der Waals surface area (Å²) in [6, 6.07) is 16.5. The molecule has 0 aliphatic carbocycles. The van der Waals surface area contributed by atoms with Crippen molar-refractivity contribution in [2.45, 2.75) is 6.92 Å². The Morgan fingerprint density at radius 2 is 1.63 bits per heavy atom. The average Bonchev–Trinajstić information content (AvgIpc) is 2.49. The molecule has 0 saturated heterocycles. The maximum Gasteiger partial charge on any atom is 0.0723 e. The smallest absolute Gasteiger partial charge is 0.0723 e. The monoisotopic (exact) mass is 246 g/mol. The molecule has 0 radical (unpaired) electrons. The molecule has 2 nitrogen and oxygen atoms in total. The topological polar surface area (TPSA) is 25.8 Å². The summed E-state index contributed by atoms with van der Waals surface area (Å²) >= 11 is 0. The molecule has 3 aromatic rings. The standard InChI is InChI=1S/C17H14N2/c1-13-11-19-17(15-8-5-9-18-12-15)10-16(13)14-6-3-2-4-7-14/h2-12H,1H3. The van der Waals surface area contributed by atoms with Crippen molar-refractivity contribution in [2.24, 2.45) is 0 Å². The highest BCUT2D eigenvalue weighted by atomic mass is 14.7. The minimum atomic E-state index is 0.956. The van der Waals surface area contributed by atoms with Crippen LogP contribution in [-0.2, 0) is 0 Å². The molecule has 3 rings (SSSR count). The first-order valence-corrected chi connectivity index (χ1v) is 6.27. The number of rotatable bonds is 2. The van der Waals surface area contributed by atoms with Gasteiger partial charge in [-0.25, -0.2) is 0 Å². The first-order valence-electron chi connectivity index (χ1n) is 6.27. The molecular formula is C17H14N2. The summed E-state index contributed by atoms with van der Waals surface area (Å²) in [6.07, 6.45) is 5.53. The number of pyridine rings is 2. The van der Waals surface area contributed by atoms with Crippen molar-refractivity contribution in [3.05, 3.63) is 72.7 Å². The quantitative estimate of drug-likeness (QED) is 0.679. The third kappa shape index (κ3) is 2.38. The minimum Gasteiger partial charge on any atom is -0.264 e. The van der Waals surface area contributed by atoms with Crippen LogP contribution in [0.4, 0.5) is 0 Å². The van der Waals surface area contributed by atoms with Gasteiger partial charge in [0.15, 0.2) is 0 Å². The number of benzene rings is 1. The SMILES string of the molecule is Cc1cnc(-c2cccnc2)cc1-c1ccccc1. The molecule has 0 unspecified atom stereocenters. The molecule has 19 heavy (non-hydrogen) atoms. The van der Waals surface area contributed by atoms with Gasteiger partial charge in [0.25, 0.3) is 0 Å². The number of hydrogen-bond acceptors (Lipinski definition) is 2. The molecule has 2 aromatic heterocycles. The van der Waals surface area contributed by atoms with Gasteiger partial charge in [0.05, 0.1) is 5.69 Å². The Morgan fingerprint density at radius 1 is 0.842 bits per heavy atom. The van der Waals surface area contributed by atoms with Crippen LogP contribution in [0.5, 0.6) is 0 Å². The molecule has 0 aliphatic heterocycles. The Balaban J connectivity index is 2.12. The second kappa shape index (κ2) is 5.02. The van der Waals surface area contributed by atoms with Crippen molar-refractivity contribution in [2.75, 3.05) is 0 Å². The van der Waals surface area contributed by atoms with Crippen LogP contribution in [0.2, 0.25) is 0 Å². The van der Waals surface area contributed by atoms with Gasteiger partial charge in [0, 0.05) is 24.2 Å². The van der Waals surface area contributed by atoms with Crippen molar-refractivity contribution in [1.82, 2.24) is 9.97 Å². The minimum absolute atomic E-state index is 0.956. The highest BCUT2D eigenvalue weighted by molar-refractivity contribution is 5.72. The van der Waals surface area contributed by atoms with E-state index in [1.54, 1.807) is 6.20 Å². The summed E-state index contributed by atoms with van der Waals surface area (Å²) in [5, 5.41) is 0. The fourth-order valence-electron chi connectivity index (χ4n) is 2.12. The Bertz CT molecular complexity index is 676. The predicted molar refractivity (Wildman–Crippen MR) is 77.6 cm³/mol. The maximum atomic E-state index is 4.49. The van der Waals surface area contributed by atoms with Crippen LogP contribution in [0.3, 0.4) is 0 Å². The largest absolute Gasteiger partial charge is 0.264 e. The molecule has 0 atom stereocenters. The van der Waals surface area contributed by atoms with Crippen LogP contribution in [0, 0.1) is 6.92 Å². The summed E-state index contributed by atoms with van der Waals surface area (Å²) in [4.78, 5) is 8.64. The van der Waals surface area contributed by atoms with Gasteiger partial charge in [0.2, 0.25) is 0 Å². The van der Waals surface area contributed by atoms with Crippen LogP contribution < -0.4 is 0 Å². The molecule has 0 saturated carbocycles. The fraction of sp³-hybridized carbons (Fsp3) is 0.0588. The number of aromatic nitrogens is 2. The number of aryl methyl sites for hydroxylation is 1. The molecule has 0 amide bonds. The molecule has 0 spiro atoms. The van der Waals surface area contributed by atoms with E-state index in [4.69, 9.17) is 0 Å². The van der Waals surface area contributed by atoms with Crippen molar-refractivity contribution in [3.63, 3.8) is 0 Å². The summed E-state index contributed by atoms with van der Waals surface area (Å²) in [7, 11) is 0. The number of nitrogens with zero attached hydrogens (tertiary/aromatic N) is 2. The number of hydrogen-bond donors (Lipinski definition) is 0. The van der Waals surface area contributed by atoms with Crippen LogP contribution in [0.25, 0.3) is 22.4 Å². The molecule has 2 heterocycles. The van der Waals surface area contributed by atoms with E-state index in [0.717, 1.165) is 11.3 Å². The second-order valence-electron chi connectivity index (χ2n) is 4.49. The average molecular weight is 246 g/mol. The van der Waals surface area contributed by atoms with Crippen LogP contribution in [0.15, 0.2) is 67.1 Å². The van der Waals surface area contributed by atoms with Crippen LogP contribution in [-0.4, -0.2) is 9.97 Å². The molecule has 1 aromatic carbocycles. The van der Waals surface area contributed by atoms with Gasteiger partial charge in [-0.2, -0.15) is 0 Å². The van der Waals surface area contributed by atoms with E-state index in [-0.39, 0.29) is 0 Å². The van der Waals surface area contributed by atoms with Crippen LogP contribution >= 0.6 is 0 Å². The summed E-state index contributed by atoms with van der Waals surface area (Å²) in [5.41, 5.74) is 5.61. The zero-order valence-corrected chi connectivity index (χ0v) is 10.7. The molecule has 0 fully saturated rings. The lowest BCUT2D eigenvalue weighted by atomic mass is 10.0. The van der Waals surface area contributed by atoms with Gasteiger partial charge in [-0.3, -0.25) is 9.97 Å². The van der Waals surface area contributed by atoms with E-state index in [1.807, 2.05) is 30.6 Å². The van der Waals surface area contributed by atoms with Crippen molar-refractivity contribution in [3.8, 4) is 22.4 Å². The Labute approximate surface area is 112 Å². The fourth-order valence-corrected chi connectivity index (χ4v) is 2.12. The van der Waals surface area contributed by atoms with E-state index in [1.165, 1.54) is 16.7 Å². The first-order chi connectivity index (χ1) is 9.34. The van der Waals surface area contributed by atoms with Gasteiger partial charge in [-0.15, -0.1) is 0 Å². The Kier molecular flexibility index (Phi) is 3.07. The van der Waals surface area contributed by atoms with Crippen molar-refractivity contribution >= 4 is 0 Å². The molecule has 2 heteroatoms. The molecule has 92 valence electrons. The lowest BCUT2D eigenvalue weighted by Crippen LogP contribution is -1.89. The Hall–Kier alpha value is -2.48. The zero-order chi connectivity index (χ0) is 13.1. The lowest BCUT2D eigenvalue weighted by molar-refractivity contribution is 1.25. The Morgan fingerprint density at radius 3 is 2.37 bits per heavy atom. The van der Waals surface area contributed by atoms with Crippen molar-refractivity contribution in [1.29, 1.82) is 0 Å². The second-order valence-corrected chi connectivity index (χ2v) is 4.49. The molecule has 0 bridgehead atoms. The molecule has 0 aliphatic rings. The third-order valence-corrected chi connectivity index (χ3v) is 3.15. The van der Waals surface area contributed by atoms with Gasteiger partial charge < -0.3 is 0 Å². The van der Waals surface area contributed by atoms with Crippen molar-refractivity contribution < 1.29 is 0 Å². The lowest BCUT2D eigenvalue weighted by Gasteiger charge is -2.08. The third-order valence-electron chi connectivity index (χ3n) is 3.15. The predicted octanol–water partition coefficient (Wildman–Crippen LogP) is 4.12. The highest BCUT2D eigenvalue weighted by Crippen LogP contribution is 2.26. The van der Waals surface area contributed by atoms with Crippen LogP contribution in [0.1, 0.15) is 5.56 Å². The summed E-state index contributed by atoms with van der Waals surface area (Å²) in [6.45, 7) is 2.09. The molecule has 0 N–H and O–H groups in total. The summed E-state index contributed by atoms with van der Waals surface area (Å²) in [5.74, 6) is 0. The van der Waals surface area contributed by atoms with Gasteiger partial charge in [-0.05, 0) is 41.8 Å². The molecular weight excluding hydrogens is 232 g/mol. The highest BCUT2D eigenvalue weighted by Gasteiger charge is 2.05. The van der Waals surface area contributed by atoms with Gasteiger partial charge in [-0.1, -0.05) is 30.3 Å². The van der Waals surface area contributed by atoms with E-state index in [0.29, 0.717) is 0 Å². The van der Waals surface area contributed by atoms with E-state index in [2.05, 4.69) is 47.2 Å². The normalized spacial score (nSPS) is 10.4. The summed E-state index contributed by atoms with van der Waals surface area (Å²) < 4.78 is 0.